The summed E-state index contributed by atoms with van der Waals surface area (Å²) < 4.78 is 4.78. The van der Waals surface area contributed by atoms with Crippen molar-refractivity contribution in [2.75, 3.05) is 0 Å². The maximum Gasteiger partial charge on any atom is 0.335 e. The van der Waals surface area contributed by atoms with Crippen molar-refractivity contribution in [2.45, 2.75) is 13.8 Å². The average molecular weight is 194 g/mol. The third-order valence-corrected chi connectivity index (χ3v) is 1.56. The number of rotatable bonds is 2. The summed E-state index contributed by atoms with van der Waals surface area (Å²) in [6.45, 7) is 3.00. The van der Waals surface area contributed by atoms with Gasteiger partial charge in [-0.15, -0.1) is 0 Å². The van der Waals surface area contributed by atoms with Crippen LogP contribution in [0.1, 0.15) is 22.8 Å². The van der Waals surface area contributed by atoms with Gasteiger partial charge in [0.2, 0.25) is 0 Å². The highest BCUT2D eigenvalue weighted by atomic mass is 16.5. The minimum atomic E-state index is -1.04. The molecule has 0 atom stereocenters. The summed E-state index contributed by atoms with van der Waals surface area (Å²) in [6.07, 6.45) is 0. The van der Waals surface area contributed by atoms with Crippen LogP contribution in [-0.4, -0.2) is 17.0 Å². The van der Waals surface area contributed by atoms with E-state index >= 15 is 0 Å². The van der Waals surface area contributed by atoms with Crippen molar-refractivity contribution >= 4 is 11.9 Å². The highest BCUT2D eigenvalue weighted by Gasteiger charge is 2.07. The summed E-state index contributed by atoms with van der Waals surface area (Å²) in [4.78, 5) is 21.3. The SMILES string of the molecule is CC(=O)Oc1cc(C)cc(C(=O)O)c1. The third kappa shape index (κ3) is 2.58. The molecule has 0 aliphatic heterocycles. The predicted octanol–water partition coefficient (Wildman–Crippen LogP) is 1.62. The standard InChI is InChI=1S/C10H10O4/c1-6-3-8(10(12)13)5-9(4-6)14-7(2)11/h3-5H,1-2H3,(H,12,13). The molecule has 0 unspecified atom stereocenters. The minimum absolute atomic E-state index is 0.112. The molecule has 0 heterocycles. The predicted molar refractivity (Wildman–Crippen MR) is 49.4 cm³/mol. The summed E-state index contributed by atoms with van der Waals surface area (Å²) in [5.41, 5.74) is 0.849. The fourth-order valence-corrected chi connectivity index (χ4v) is 1.10. The van der Waals surface area contributed by atoms with Gasteiger partial charge in [0.25, 0.3) is 0 Å². The topological polar surface area (TPSA) is 63.6 Å². The highest BCUT2D eigenvalue weighted by Crippen LogP contribution is 2.16. The second-order valence-corrected chi connectivity index (χ2v) is 2.93. The molecule has 0 saturated heterocycles. The van der Waals surface area contributed by atoms with Crippen molar-refractivity contribution in [2.24, 2.45) is 0 Å². The number of hydrogen-bond acceptors (Lipinski definition) is 3. The maximum absolute atomic E-state index is 10.7. The lowest BCUT2D eigenvalue weighted by Crippen LogP contribution is -2.04. The van der Waals surface area contributed by atoms with Gasteiger partial charge in [-0.05, 0) is 30.7 Å². The van der Waals surface area contributed by atoms with E-state index in [4.69, 9.17) is 9.84 Å². The zero-order valence-electron chi connectivity index (χ0n) is 7.90. The van der Waals surface area contributed by atoms with Crippen LogP contribution < -0.4 is 4.74 Å². The van der Waals surface area contributed by atoms with Crippen LogP contribution in [0.5, 0.6) is 5.75 Å². The number of carboxylic acids is 1. The first-order valence-electron chi connectivity index (χ1n) is 4.02. The second-order valence-electron chi connectivity index (χ2n) is 2.93. The molecule has 4 nitrogen and oxygen atoms in total. The van der Waals surface area contributed by atoms with E-state index in [1.807, 2.05) is 0 Å². The van der Waals surface area contributed by atoms with Crippen molar-refractivity contribution in [1.29, 1.82) is 0 Å². The molecule has 0 saturated carbocycles. The van der Waals surface area contributed by atoms with Crippen molar-refractivity contribution in [3.63, 3.8) is 0 Å². The number of aryl methyl sites for hydroxylation is 1. The van der Waals surface area contributed by atoms with E-state index in [9.17, 15) is 9.59 Å². The van der Waals surface area contributed by atoms with E-state index in [1.54, 1.807) is 13.0 Å². The fraction of sp³-hybridized carbons (Fsp3) is 0.200. The molecule has 14 heavy (non-hydrogen) atoms. The van der Waals surface area contributed by atoms with Gasteiger partial charge in [0.15, 0.2) is 0 Å². The van der Waals surface area contributed by atoms with Crippen molar-refractivity contribution in [1.82, 2.24) is 0 Å². The smallest absolute Gasteiger partial charge is 0.335 e. The molecule has 1 aromatic carbocycles. The van der Waals surface area contributed by atoms with Gasteiger partial charge >= 0.3 is 11.9 Å². The van der Waals surface area contributed by atoms with E-state index in [0.717, 1.165) is 5.56 Å². The van der Waals surface area contributed by atoms with E-state index in [0.29, 0.717) is 0 Å². The molecule has 0 aliphatic rings. The van der Waals surface area contributed by atoms with Gasteiger partial charge in [-0.3, -0.25) is 4.79 Å². The van der Waals surface area contributed by atoms with Crippen molar-refractivity contribution in [3.05, 3.63) is 29.3 Å². The summed E-state index contributed by atoms with van der Waals surface area (Å²) >= 11 is 0. The Labute approximate surface area is 81.1 Å². The lowest BCUT2D eigenvalue weighted by Gasteiger charge is -2.03. The third-order valence-electron chi connectivity index (χ3n) is 1.56. The average Bonchev–Trinajstić information content (AvgIpc) is 2.01. The van der Waals surface area contributed by atoms with E-state index < -0.39 is 11.9 Å². The number of carbonyl (C=O) groups is 2. The highest BCUT2D eigenvalue weighted by molar-refractivity contribution is 5.88. The molecule has 1 aromatic rings. The van der Waals surface area contributed by atoms with Gasteiger partial charge in [-0.25, -0.2) is 4.79 Å². The van der Waals surface area contributed by atoms with Crippen LogP contribution in [0, 0.1) is 6.92 Å². The summed E-state index contributed by atoms with van der Waals surface area (Å²) in [7, 11) is 0. The summed E-state index contributed by atoms with van der Waals surface area (Å²) in [5, 5.41) is 8.73. The van der Waals surface area contributed by atoms with E-state index in [1.165, 1.54) is 19.1 Å². The zero-order chi connectivity index (χ0) is 10.7. The molecule has 74 valence electrons. The van der Waals surface area contributed by atoms with Crippen LogP contribution in [0.3, 0.4) is 0 Å². The minimum Gasteiger partial charge on any atom is -0.478 e. The molecule has 0 radical (unpaired) electrons. The summed E-state index contributed by atoms with van der Waals surface area (Å²) in [6, 6.07) is 4.43. The molecule has 0 aromatic heterocycles. The van der Waals surface area contributed by atoms with Crippen LogP contribution >= 0.6 is 0 Å². The van der Waals surface area contributed by atoms with Gasteiger partial charge in [-0.1, -0.05) is 0 Å². The molecule has 1 N–H and O–H groups in total. The van der Waals surface area contributed by atoms with Crippen LogP contribution in [0.2, 0.25) is 0 Å². The first kappa shape index (κ1) is 10.2. The maximum atomic E-state index is 10.7. The number of benzene rings is 1. The van der Waals surface area contributed by atoms with Crippen LogP contribution in [0.15, 0.2) is 18.2 Å². The lowest BCUT2D eigenvalue weighted by molar-refractivity contribution is -0.131. The number of aromatic carboxylic acids is 1. The largest absolute Gasteiger partial charge is 0.478 e. The van der Waals surface area contributed by atoms with Gasteiger partial charge in [0.1, 0.15) is 5.75 Å². The van der Waals surface area contributed by atoms with Gasteiger partial charge < -0.3 is 9.84 Å². The van der Waals surface area contributed by atoms with E-state index in [-0.39, 0.29) is 11.3 Å². The Morgan fingerprint density at radius 1 is 1.29 bits per heavy atom. The number of hydrogen-bond donors (Lipinski definition) is 1. The Bertz CT molecular complexity index is 382. The Kier molecular flexibility index (Phi) is 2.86. The summed E-state index contributed by atoms with van der Waals surface area (Å²) in [5.74, 6) is -1.25. The molecule has 1 rings (SSSR count). The Morgan fingerprint density at radius 3 is 2.43 bits per heavy atom. The fourth-order valence-electron chi connectivity index (χ4n) is 1.10. The molecular weight excluding hydrogens is 184 g/mol. The first-order valence-corrected chi connectivity index (χ1v) is 4.02. The van der Waals surface area contributed by atoms with Crippen molar-refractivity contribution in [3.8, 4) is 5.75 Å². The van der Waals surface area contributed by atoms with Gasteiger partial charge in [0, 0.05) is 6.92 Å². The Hall–Kier alpha value is -1.84. The monoisotopic (exact) mass is 194 g/mol. The quantitative estimate of drug-likeness (QED) is 0.574. The first-order chi connectivity index (χ1) is 6.49. The molecule has 0 spiro atoms. The molecular formula is C10H10O4. The lowest BCUT2D eigenvalue weighted by atomic mass is 10.1. The molecule has 0 aliphatic carbocycles. The van der Waals surface area contributed by atoms with Crippen LogP contribution in [-0.2, 0) is 4.79 Å². The van der Waals surface area contributed by atoms with Gasteiger partial charge in [0.05, 0.1) is 5.56 Å². The van der Waals surface area contributed by atoms with Gasteiger partial charge in [-0.2, -0.15) is 0 Å². The normalized spacial score (nSPS) is 9.57. The second kappa shape index (κ2) is 3.91. The zero-order valence-corrected chi connectivity index (χ0v) is 7.90. The Morgan fingerprint density at radius 2 is 1.93 bits per heavy atom. The molecule has 0 amide bonds. The molecule has 0 fully saturated rings. The van der Waals surface area contributed by atoms with E-state index in [2.05, 4.69) is 0 Å². The molecule has 4 heteroatoms. The number of carbonyl (C=O) groups excluding carboxylic acids is 1. The van der Waals surface area contributed by atoms with Crippen LogP contribution in [0.25, 0.3) is 0 Å². The van der Waals surface area contributed by atoms with Crippen molar-refractivity contribution < 1.29 is 19.4 Å². The number of carboxylic acid groups (broad SMARTS) is 1. The number of esters is 1. The molecule has 0 bridgehead atoms. The van der Waals surface area contributed by atoms with Crippen LogP contribution in [0.4, 0.5) is 0 Å². The Balaban J connectivity index is 3.07. The number of ether oxygens (including phenoxy) is 1.